The number of carboxylic acids is 1. The Bertz CT molecular complexity index is 1490. The van der Waals surface area contributed by atoms with E-state index in [9.17, 15) is 19.5 Å². The Kier molecular flexibility index (Phi) is 8.25. The van der Waals surface area contributed by atoms with Crippen LogP contribution in [0.15, 0.2) is 58.9 Å². The maximum absolute atomic E-state index is 14.0. The number of ether oxygens (including phenoxy) is 2. The van der Waals surface area contributed by atoms with E-state index in [1.54, 1.807) is 13.2 Å². The van der Waals surface area contributed by atoms with Crippen molar-refractivity contribution in [3.8, 4) is 11.5 Å². The molecule has 0 unspecified atom stereocenters. The monoisotopic (exact) mass is 605 g/mol. The summed E-state index contributed by atoms with van der Waals surface area (Å²) in [6.45, 7) is 10.7. The first-order valence-corrected chi connectivity index (χ1v) is 15.1. The van der Waals surface area contributed by atoms with Gasteiger partial charge < -0.3 is 19.5 Å². The summed E-state index contributed by atoms with van der Waals surface area (Å²) in [4.78, 5) is 41.6. The number of carboxylic acid groups (broad SMARTS) is 1. The van der Waals surface area contributed by atoms with Crippen molar-refractivity contribution in [1.82, 2.24) is 4.90 Å². The van der Waals surface area contributed by atoms with Gasteiger partial charge in [0, 0.05) is 47.8 Å². The molecule has 1 N–H and O–H groups in total. The van der Waals surface area contributed by atoms with Gasteiger partial charge in [0.25, 0.3) is 0 Å². The third-order valence-corrected chi connectivity index (χ3v) is 8.94. The van der Waals surface area contributed by atoms with Crippen molar-refractivity contribution in [1.29, 1.82) is 0 Å². The van der Waals surface area contributed by atoms with Crippen molar-refractivity contribution in [2.45, 2.75) is 79.2 Å². The fourth-order valence-electron chi connectivity index (χ4n) is 6.74. The van der Waals surface area contributed by atoms with Gasteiger partial charge in [0.15, 0.2) is 23.1 Å². The number of aryl methyl sites for hydroxylation is 1. The second-order valence-corrected chi connectivity index (χ2v) is 14.0. The molecule has 2 aromatic rings. The van der Waals surface area contributed by atoms with E-state index in [2.05, 4.69) is 27.7 Å². The topological polar surface area (TPSA) is 93.1 Å². The molecule has 0 fully saturated rings. The Morgan fingerprint density at radius 3 is 2.02 bits per heavy atom. The number of nitrogens with zero attached hydrogens (tertiary/aromatic N) is 1. The second kappa shape index (κ2) is 11.5. The molecular formula is C35H40ClNO6. The minimum Gasteiger partial charge on any atom is -0.493 e. The molecule has 1 aliphatic heterocycles. The van der Waals surface area contributed by atoms with Gasteiger partial charge in [-0.3, -0.25) is 14.4 Å². The number of benzene rings is 2. The van der Waals surface area contributed by atoms with E-state index >= 15 is 0 Å². The third kappa shape index (κ3) is 6.23. The Labute approximate surface area is 258 Å². The molecule has 0 atom stereocenters. The first kappa shape index (κ1) is 30.9. The van der Waals surface area contributed by atoms with Gasteiger partial charge in [-0.25, -0.2) is 0 Å². The minimum atomic E-state index is -0.924. The van der Waals surface area contributed by atoms with Gasteiger partial charge in [0.2, 0.25) is 0 Å². The molecule has 228 valence electrons. The molecule has 5 rings (SSSR count). The molecule has 7 nitrogen and oxygen atoms in total. The van der Waals surface area contributed by atoms with Gasteiger partial charge in [-0.1, -0.05) is 69.1 Å². The number of carbonyl (C=O) groups excluding carboxylic acids is 2. The average Bonchev–Trinajstić information content (AvgIpc) is 2.90. The molecule has 3 aliphatic rings. The molecule has 0 bridgehead atoms. The van der Waals surface area contributed by atoms with Crippen LogP contribution in [0.25, 0.3) is 0 Å². The SMILES string of the molecule is COc1cc(C2C3=C(CC(C)(C)CC3=O)N(CCC(=O)O)C3=C2C(=O)CC(C)(C)C3)cc(Cl)c1OCc1ccc(C)cc1. The van der Waals surface area contributed by atoms with Gasteiger partial charge in [-0.2, -0.15) is 0 Å². The van der Waals surface area contributed by atoms with Crippen molar-refractivity contribution in [2.75, 3.05) is 13.7 Å². The van der Waals surface area contributed by atoms with Gasteiger partial charge >= 0.3 is 5.97 Å². The molecule has 0 aromatic heterocycles. The zero-order chi connectivity index (χ0) is 31.3. The van der Waals surface area contributed by atoms with Crippen LogP contribution in [0.4, 0.5) is 0 Å². The molecule has 8 heteroatoms. The quantitative estimate of drug-likeness (QED) is 0.335. The number of aliphatic carboxylic acids is 1. The lowest BCUT2D eigenvalue weighted by molar-refractivity contribution is -0.137. The summed E-state index contributed by atoms with van der Waals surface area (Å²) in [5, 5.41) is 9.91. The van der Waals surface area contributed by atoms with Crippen LogP contribution >= 0.6 is 11.6 Å². The zero-order valence-electron chi connectivity index (χ0n) is 25.8. The number of hydrogen-bond acceptors (Lipinski definition) is 6. The van der Waals surface area contributed by atoms with E-state index < -0.39 is 11.9 Å². The van der Waals surface area contributed by atoms with Crippen LogP contribution in [-0.4, -0.2) is 41.2 Å². The number of methoxy groups -OCH3 is 1. The van der Waals surface area contributed by atoms with Crippen molar-refractivity contribution < 1.29 is 29.0 Å². The number of allylic oxidation sites excluding steroid dienone is 4. The molecule has 0 spiro atoms. The van der Waals surface area contributed by atoms with Gasteiger partial charge in [-0.15, -0.1) is 0 Å². The fraction of sp³-hybridized carbons (Fsp3) is 0.457. The maximum atomic E-state index is 14.0. The summed E-state index contributed by atoms with van der Waals surface area (Å²) in [5.41, 5.74) is 4.94. The Balaban J connectivity index is 1.65. The maximum Gasteiger partial charge on any atom is 0.305 e. The molecule has 2 aromatic carbocycles. The third-order valence-electron chi connectivity index (χ3n) is 8.66. The van der Waals surface area contributed by atoms with Crippen molar-refractivity contribution >= 4 is 29.1 Å². The van der Waals surface area contributed by atoms with Gasteiger partial charge in [-0.05, 0) is 53.9 Å². The van der Waals surface area contributed by atoms with Crippen LogP contribution in [0.3, 0.4) is 0 Å². The highest BCUT2D eigenvalue weighted by Crippen LogP contribution is 2.55. The molecule has 43 heavy (non-hydrogen) atoms. The number of hydrogen-bond donors (Lipinski definition) is 1. The van der Waals surface area contributed by atoms with E-state index in [4.69, 9.17) is 21.1 Å². The van der Waals surface area contributed by atoms with E-state index in [1.807, 2.05) is 42.2 Å². The van der Waals surface area contributed by atoms with Crippen molar-refractivity contribution in [3.05, 3.63) is 80.7 Å². The highest BCUT2D eigenvalue weighted by molar-refractivity contribution is 6.32. The second-order valence-electron chi connectivity index (χ2n) is 13.6. The van der Waals surface area contributed by atoms with Gasteiger partial charge in [0.1, 0.15) is 6.61 Å². The standard InChI is InChI=1S/C35H40ClNO6/c1-20-7-9-21(10-8-20)19-43-33-23(36)13-22(14-28(33)42-6)30-31-24(15-34(2,3)17-26(31)38)37(12-11-29(40)41)25-16-35(4,5)18-27(39)32(25)30/h7-10,13-14,30H,11-12,15-19H2,1-6H3,(H,40,41). The van der Waals surface area contributed by atoms with Crippen LogP contribution in [0.5, 0.6) is 11.5 Å². The van der Waals surface area contributed by atoms with E-state index in [1.165, 1.54) is 0 Å². The summed E-state index contributed by atoms with van der Waals surface area (Å²) in [5.74, 6) is -0.809. The summed E-state index contributed by atoms with van der Waals surface area (Å²) < 4.78 is 11.9. The average molecular weight is 606 g/mol. The molecule has 1 heterocycles. The lowest BCUT2D eigenvalue weighted by atomic mass is 9.63. The first-order valence-electron chi connectivity index (χ1n) is 14.8. The first-order chi connectivity index (χ1) is 20.2. The Hall–Kier alpha value is -3.58. The van der Waals surface area contributed by atoms with Crippen LogP contribution in [0, 0.1) is 17.8 Å². The van der Waals surface area contributed by atoms with Gasteiger partial charge in [0.05, 0.1) is 18.6 Å². The normalized spacial score (nSPS) is 19.7. The minimum absolute atomic E-state index is 0.0319. The van der Waals surface area contributed by atoms with Crippen LogP contribution in [0.2, 0.25) is 5.02 Å². The predicted octanol–water partition coefficient (Wildman–Crippen LogP) is 7.40. The predicted molar refractivity (Wildman–Crippen MR) is 165 cm³/mol. The molecular weight excluding hydrogens is 566 g/mol. The van der Waals surface area contributed by atoms with E-state index in [0.717, 1.165) is 22.5 Å². The smallest absolute Gasteiger partial charge is 0.305 e. The zero-order valence-corrected chi connectivity index (χ0v) is 26.6. The number of ketones is 2. The Morgan fingerprint density at radius 2 is 1.51 bits per heavy atom. The summed E-state index contributed by atoms with van der Waals surface area (Å²) in [7, 11) is 1.54. The van der Waals surface area contributed by atoms with Crippen molar-refractivity contribution in [3.63, 3.8) is 0 Å². The summed E-state index contributed by atoms with van der Waals surface area (Å²) >= 11 is 6.87. The van der Waals surface area contributed by atoms with Crippen molar-refractivity contribution in [2.24, 2.45) is 10.8 Å². The largest absolute Gasteiger partial charge is 0.493 e. The lowest BCUT2D eigenvalue weighted by Crippen LogP contribution is -2.45. The molecule has 0 radical (unpaired) electrons. The molecule has 0 saturated heterocycles. The van der Waals surface area contributed by atoms with E-state index in [-0.39, 0.29) is 35.4 Å². The highest BCUT2D eigenvalue weighted by atomic mass is 35.5. The number of Topliss-reactive ketones (excluding diaryl/α,β-unsaturated/α-hetero) is 2. The highest BCUT2D eigenvalue weighted by Gasteiger charge is 2.49. The molecule has 0 saturated carbocycles. The number of carbonyl (C=O) groups is 3. The van der Waals surface area contributed by atoms with Crippen LogP contribution in [-0.2, 0) is 21.0 Å². The lowest BCUT2D eigenvalue weighted by Gasteiger charge is -2.49. The number of halogens is 1. The number of rotatable bonds is 8. The summed E-state index contributed by atoms with van der Waals surface area (Å²) in [6, 6.07) is 11.6. The molecule has 0 amide bonds. The Morgan fingerprint density at radius 1 is 0.953 bits per heavy atom. The molecule has 2 aliphatic carbocycles. The van der Waals surface area contributed by atoms with Crippen LogP contribution in [0.1, 0.15) is 82.4 Å². The van der Waals surface area contributed by atoms with E-state index in [0.29, 0.717) is 65.5 Å². The summed E-state index contributed by atoms with van der Waals surface area (Å²) in [6.07, 6.45) is 1.75. The fourth-order valence-corrected chi connectivity index (χ4v) is 7.02. The van der Waals surface area contributed by atoms with Crippen LogP contribution < -0.4 is 9.47 Å².